The SMILES string of the molecule is CS[C@H](C)C(=O)N1CCC[C@H](NS(=O)(=O)c2ccccc2)C1. The van der Waals surface area contributed by atoms with E-state index >= 15 is 0 Å². The van der Waals surface area contributed by atoms with Crippen molar-refractivity contribution in [3.63, 3.8) is 0 Å². The van der Waals surface area contributed by atoms with Crippen LogP contribution in [0.25, 0.3) is 0 Å². The lowest BCUT2D eigenvalue weighted by Gasteiger charge is -2.34. The second kappa shape index (κ2) is 7.48. The van der Waals surface area contributed by atoms with Crippen LogP contribution in [0.4, 0.5) is 0 Å². The Morgan fingerprint density at radius 2 is 2.05 bits per heavy atom. The molecule has 0 aromatic heterocycles. The molecule has 1 aromatic carbocycles. The largest absolute Gasteiger partial charge is 0.340 e. The van der Waals surface area contributed by atoms with Crippen LogP contribution in [0.5, 0.6) is 0 Å². The number of carbonyl (C=O) groups is 1. The number of hydrogen-bond donors (Lipinski definition) is 1. The maximum Gasteiger partial charge on any atom is 0.240 e. The van der Waals surface area contributed by atoms with E-state index in [0.29, 0.717) is 13.1 Å². The number of nitrogens with one attached hydrogen (secondary N) is 1. The number of thioether (sulfide) groups is 1. The van der Waals surface area contributed by atoms with Crippen LogP contribution in [0.15, 0.2) is 35.2 Å². The van der Waals surface area contributed by atoms with Crippen molar-refractivity contribution in [3.05, 3.63) is 30.3 Å². The molecule has 1 aromatic rings. The van der Waals surface area contributed by atoms with Gasteiger partial charge in [-0.2, -0.15) is 11.8 Å². The molecule has 1 aliphatic heterocycles. The Hall–Kier alpha value is -1.05. The molecule has 1 saturated heterocycles. The van der Waals surface area contributed by atoms with Crippen molar-refractivity contribution in [2.45, 2.75) is 36.0 Å². The van der Waals surface area contributed by atoms with E-state index in [9.17, 15) is 13.2 Å². The van der Waals surface area contributed by atoms with Gasteiger partial charge in [-0.25, -0.2) is 13.1 Å². The predicted octanol–water partition coefficient (Wildman–Crippen LogP) is 1.71. The molecule has 2 atom stereocenters. The normalized spacial score (nSPS) is 20.6. The highest BCUT2D eigenvalue weighted by Gasteiger charge is 2.29. The fourth-order valence-corrected chi connectivity index (χ4v) is 4.15. The van der Waals surface area contributed by atoms with Crippen LogP contribution in [-0.4, -0.2) is 49.9 Å². The second-order valence-corrected chi connectivity index (χ2v) is 8.33. The first-order valence-electron chi connectivity index (χ1n) is 7.33. The summed E-state index contributed by atoms with van der Waals surface area (Å²) in [6.45, 7) is 3.02. The third-order valence-corrected chi connectivity index (χ3v) is 6.25. The zero-order valence-corrected chi connectivity index (χ0v) is 14.5. The molecule has 0 spiro atoms. The van der Waals surface area contributed by atoms with Gasteiger partial charge in [-0.1, -0.05) is 18.2 Å². The van der Waals surface area contributed by atoms with Crippen LogP contribution >= 0.6 is 11.8 Å². The molecular weight excluding hydrogens is 320 g/mol. The highest BCUT2D eigenvalue weighted by molar-refractivity contribution is 7.99. The molecule has 1 amide bonds. The van der Waals surface area contributed by atoms with E-state index in [1.54, 1.807) is 35.2 Å². The topological polar surface area (TPSA) is 66.5 Å². The van der Waals surface area contributed by atoms with Gasteiger partial charge in [0, 0.05) is 19.1 Å². The molecule has 1 N–H and O–H groups in total. The molecule has 122 valence electrons. The van der Waals surface area contributed by atoms with Gasteiger partial charge in [-0.15, -0.1) is 0 Å². The number of rotatable bonds is 5. The predicted molar refractivity (Wildman–Crippen MR) is 89.3 cm³/mol. The van der Waals surface area contributed by atoms with Crippen molar-refractivity contribution in [1.82, 2.24) is 9.62 Å². The number of benzene rings is 1. The van der Waals surface area contributed by atoms with E-state index in [-0.39, 0.29) is 22.1 Å². The van der Waals surface area contributed by atoms with Crippen molar-refractivity contribution in [1.29, 1.82) is 0 Å². The minimum Gasteiger partial charge on any atom is -0.340 e. The van der Waals surface area contributed by atoms with E-state index in [4.69, 9.17) is 0 Å². The zero-order valence-electron chi connectivity index (χ0n) is 12.9. The number of nitrogens with zero attached hydrogens (tertiary/aromatic N) is 1. The molecule has 1 aliphatic rings. The van der Waals surface area contributed by atoms with Crippen molar-refractivity contribution < 1.29 is 13.2 Å². The van der Waals surface area contributed by atoms with Gasteiger partial charge in [0.05, 0.1) is 10.1 Å². The number of piperidine rings is 1. The van der Waals surface area contributed by atoms with Gasteiger partial charge in [-0.3, -0.25) is 4.79 Å². The third-order valence-electron chi connectivity index (χ3n) is 3.81. The molecule has 7 heteroatoms. The lowest BCUT2D eigenvalue weighted by Crippen LogP contribution is -2.51. The number of amides is 1. The molecule has 0 bridgehead atoms. The first-order chi connectivity index (χ1) is 10.4. The van der Waals surface area contributed by atoms with Gasteiger partial charge < -0.3 is 4.90 Å². The molecule has 0 saturated carbocycles. The lowest BCUT2D eigenvalue weighted by atomic mass is 10.1. The van der Waals surface area contributed by atoms with Crippen LogP contribution in [0, 0.1) is 0 Å². The average molecular weight is 342 g/mol. The summed E-state index contributed by atoms with van der Waals surface area (Å²) in [4.78, 5) is 14.3. The maximum atomic E-state index is 12.3. The Bertz CT molecular complexity index is 604. The summed E-state index contributed by atoms with van der Waals surface area (Å²) in [6, 6.07) is 8.10. The van der Waals surface area contributed by atoms with E-state index in [1.807, 2.05) is 13.2 Å². The summed E-state index contributed by atoms with van der Waals surface area (Å²) in [5.41, 5.74) is 0. The summed E-state index contributed by atoms with van der Waals surface area (Å²) < 4.78 is 27.4. The van der Waals surface area contributed by atoms with Gasteiger partial charge in [0.25, 0.3) is 0 Å². The smallest absolute Gasteiger partial charge is 0.240 e. The molecule has 1 fully saturated rings. The molecule has 0 aliphatic carbocycles. The molecule has 5 nitrogen and oxygen atoms in total. The van der Waals surface area contributed by atoms with E-state index in [1.165, 1.54) is 11.8 Å². The fraction of sp³-hybridized carbons (Fsp3) is 0.533. The second-order valence-electron chi connectivity index (χ2n) is 5.44. The first kappa shape index (κ1) is 17.3. The van der Waals surface area contributed by atoms with Crippen LogP contribution < -0.4 is 4.72 Å². The molecule has 1 heterocycles. The molecule has 0 unspecified atom stereocenters. The van der Waals surface area contributed by atoms with Gasteiger partial charge in [0.15, 0.2) is 0 Å². The maximum absolute atomic E-state index is 12.3. The van der Waals surface area contributed by atoms with E-state index < -0.39 is 10.0 Å². The minimum absolute atomic E-state index is 0.0797. The molecular formula is C15H22N2O3S2. The van der Waals surface area contributed by atoms with Gasteiger partial charge in [-0.05, 0) is 38.2 Å². The van der Waals surface area contributed by atoms with Gasteiger partial charge >= 0.3 is 0 Å². The number of carbonyl (C=O) groups excluding carboxylic acids is 1. The summed E-state index contributed by atoms with van der Waals surface area (Å²) in [7, 11) is -3.53. The number of hydrogen-bond acceptors (Lipinski definition) is 4. The molecule has 0 radical (unpaired) electrons. The summed E-state index contributed by atoms with van der Waals surface area (Å²) >= 11 is 1.51. The Morgan fingerprint density at radius 1 is 1.36 bits per heavy atom. The number of likely N-dealkylation sites (tertiary alicyclic amines) is 1. The van der Waals surface area contributed by atoms with Crippen molar-refractivity contribution in [3.8, 4) is 0 Å². The van der Waals surface area contributed by atoms with Crippen molar-refractivity contribution >= 4 is 27.7 Å². The first-order valence-corrected chi connectivity index (χ1v) is 10.1. The quantitative estimate of drug-likeness (QED) is 0.885. The third kappa shape index (κ3) is 4.24. The van der Waals surface area contributed by atoms with Crippen LogP contribution in [-0.2, 0) is 14.8 Å². The summed E-state index contributed by atoms with van der Waals surface area (Å²) in [5.74, 6) is 0.0797. The van der Waals surface area contributed by atoms with Gasteiger partial charge in [0.1, 0.15) is 0 Å². The standard InChI is InChI=1S/C15H22N2O3S2/c1-12(21-2)15(18)17-10-6-7-13(11-17)16-22(19,20)14-8-4-3-5-9-14/h3-5,8-9,12-13,16H,6-7,10-11H2,1-2H3/t12-,13+/m1/s1. The Labute approximate surface area is 136 Å². The van der Waals surface area contributed by atoms with Crippen molar-refractivity contribution in [2.75, 3.05) is 19.3 Å². The van der Waals surface area contributed by atoms with E-state index in [2.05, 4.69) is 4.72 Å². The van der Waals surface area contributed by atoms with Crippen LogP contribution in [0.3, 0.4) is 0 Å². The Kier molecular flexibility index (Phi) is 5.88. The van der Waals surface area contributed by atoms with Crippen LogP contribution in [0.2, 0.25) is 0 Å². The molecule has 22 heavy (non-hydrogen) atoms. The highest BCUT2D eigenvalue weighted by Crippen LogP contribution is 2.17. The highest BCUT2D eigenvalue weighted by atomic mass is 32.2. The Morgan fingerprint density at radius 3 is 2.68 bits per heavy atom. The fourth-order valence-electron chi connectivity index (χ4n) is 2.52. The number of sulfonamides is 1. The lowest BCUT2D eigenvalue weighted by molar-refractivity contribution is -0.131. The minimum atomic E-state index is -3.53. The van der Waals surface area contributed by atoms with Crippen molar-refractivity contribution in [2.24, 2.45) is 0 Å². The zero-order chi connectivity index (χ0) is 16.2. The van der Waals surface area contributed by atoms with Crippen LogP contribution in [0.1, 0.15) is 19.8 Å². The Balaban J connectivity index is 2.03. The summed E-state index contributed by atoms with van der Waals surface area (Å²) in [6.07, 6.45) is 3.47. The molecule has 2 rings (SSSR count). The monoisotopic (exact) mass is 342 g/mol. The van der Waals surface area contributed by atoms with E-state index in [0.717, 1.165) is 12.8 Å². The summed E-state index contributed by atoms with van der Waals surface area (Å²) in [5, 5.41) is -0.0931. The van der Waals surface area contributed by atoms with Gasteiger partial charge in [0.2, 0.25) is 15.9 Å². The average Bonchev–Trinajstić information content (AvgIpc) is 2.54.